The monoisotopic (exact) mass is 318 g/mol. The molecule has 0 spiro atoms. The fourth-order valence-corrected chi connectivity index (χ4v) is 1.82. The van der Waals surface area contributed by atoms with E-state index in [1.165, 1.54) is 4.90 Å². The zero-order chi connectivity index (χ0) is 14.3. The highest BCUT2D eigenvalue weighted by Gasteiger charge is 2.14. The molecule has 1 aromatic carbocycles. The molecule has 1 rings (SSSR count). The van der Waals surface area contributed by atoms with E-state index < -0.39 is 6.10 Å². The predicted molar refractivity (Wildman–Crippen MR) is 86.8 cm³/mol. The minimum Gasteiger partial charge on any atom is -0.481 e. The van der Waals surface area contributed by atoms with Gasteiger partial charge in [0.2, 0.25) is 0 Å². The van der Waals surface area contributed by atoms with E-state index in [2.05, 4.69) is 5.32 Å². The maximum absolute atomic E-state index is 11.8. The molecule has 0 bridgehead atoms. The lowest BCUT2D eigenvalue weighted by atomic mass is 10.2. The van der Waals surface area contributed by atoms with Crippen LogP contribution in [-0.4, -0.2) is 31.4 Å². The van der Waals surface area contributed by atoms with Crippen molar-refractivity contribution in [3.05, 3.63) is 24.3 Å². The second kappa shape index (κ2) is 9.91. The van der Waals surface area contributed by atoms with Crippen LogP contribution in [0.2, 0.25) is 0 Å². The highest BCUT2D eigenvalue weighted by atomic mass is 35.5. The van der Waals surface area contributed by atoms with Crippen LogP contribution in [0.15, 0.2) is 29.2 Å². The van der Waals surface area contributed by atoms with E-state index in [0.717, 1.165) is 0 Å². The molecule has 3 N–H and O–H groups in total. The third kappa shape index (κ3) is 6.50. The first-order chi connectivity index (χ1) is 9.06. The van der Waals surface area contributed by atoms with E-state index in [9.17, 15) is 4.79 Å². The average molecular weight is 319 g/mol. The van der Waals surface area contributed by atoms with E-state index in [1.807, 2.05) is 37.4 Å². The molecule has 1 amide bonds. The van der Waals surface area contributed by atoms with Crippen LogP contribution < -0.4 is 15.8 Å². The predicted octanol–water partition coefficient (Wildman–Crippen LogP) is 2.31. The normalized spacial score (nSPS) is 13.0. The Bertz CT molecular complexity index is 401. The van der Waals surface area contributed by atoms with Gasteiger partial charge in [-0.3, -0.25) is 4.79 Å². The fraction of sp³-hybridized carbons (Fsp3) is 0.500. The highest BCUT2D eigenvalue weighted by molar-refractivity contribution is 7.98. The van der Waals surface area contributed by atoms with Gasteiger partial charge in [0.15, 0.2) is 6.10 Å². The molecular formula is C14H23ClN2O2S. The number of halogens is 1. The lowest BCUT2D eigenvalue weighted by Crippen LogP contribution is -2.39. The van der Waals surface area contributed by atoms with Crippen molar-refractivity contribution in [3.8, 4) is 5.75 Å². The second-order valence-electron chi connectivity index (χ2n) is 4.52. The lowest BCUT2D eigenvalue weighted by Gasteiger charge is -2.16. The third-order valence-electron chi connectivity index (χ3n) is 2.77. The van der Waals surface area contributed by atoms with Gasteiger partial charge in [0, 0.05) is 11.4 Å². The standard InChI is InChI=1S/C14H22N2O2S.ClH/c1-10(8-15)9-16-14(17)11(2)18-12-4-6-13(19-3)7-5-12;/h4-7,10-11H,8-9,15H2,1-3H3,(H,16,17);1H. The number of nitrogens with one attached hydrogen (secondary N) is 1. The molecule has 0 aliphatic rings. The Hall–Kier alpha value is -0.910. The Kier molecular flexibility index (Phi) is 9.46. The molecule has 6 heteroatoms. The van der Waals surface area contributed by atoms with Crippen LogP contribution in [-0.2, 0) is 4.79 Å². The topological polar surface area (TPSA) is 64.3 Å². The summed E-state index contributed by atoms with van der Waals surface area (Å²) in [7, 11) is 0. The number of hydrogen-bond acceptors (Lipinski definition) is 4. The Morgan fingerprint density at radius 2 is 1.95 bits per heavy atom. The van der Waals surface area contributed by atoms with Crippen molar-refractivity contribution in [1.82, 2.24) is 5.32 Å². The van der Waals surface area contributed by atoms with Gasteiger partial charge in [0.1, 0.15) is 5.75 Å². The van der Waals surface area contributed by atoms with Crippen LogP contribution in [0.5, 0.6) is 5.75 Å². The molecule has 1 aromatic rings. The van der Waals surface area contributed by atoms with Crippen molar-refractivity contribution in [3.63, 3.8) is 0 Å². The van der Waals surface area contributed by atoms with Crippen molar-refractivity contribution >= 4 is 30.1 Å². The summed E-state index contributed by atoms with van der Waals surface area (Å²) in [5.74, 6) is 0.860. The van der Waals surface area contributed by atoms with Crippen molar-refractivity contribution in [2.45, 2.75) is 24.8 Å². The Balaban J connectivity index is 0.00000361. The summed E-state index contributed by atoms with van der Waals surface area (Å²) in [6, 6.07) is 7.69. The number of nitrogens with two attached hydrogens (primary N) is 1. The molecule has 0 aliphatic carbocycles. The summed E-state index contributed by atoms with van der Waals surface area (Å²) < 4.78 is 5.59. The maximum atomic E-state index is 11.8. The second-order valence-corrected chi connectivity index (χ2v) is 5.40. The van der Waals surface area contributed by atoms with Gasteiger partial charge >= 0.3 is 0 Å². The minimum atomic E-state index is -0.509. The van der Waals surface area contributed by atoms with Gasteiger partial charge in [-0.05, 0) is 49.9 Å². The number of amides is 1. The van der Waals surface area contributed by atoms with Crippen LogP contribution in [0.4, 0.5) is 0 Å². The van der Waals surface area contributed by atoms with E-state index in [4.69, 9.17) is 10.5 Å². The molecule has 4 nitrogen and oxygen atoms in total. The number of rotatable bonds is 7. The summed E-state index contributed by atoms with van der Waals surface area (Å²) in [6.07, 6.45) is 1.51. The molecule has 20 heavy (non-hydrogen) atoms. The molecular weight excluding hydrogens is 296 g/mol. The van der Waals surface area contributed by atoms with Gasteiger partial charge in [-0.2, -0.15) is 0 Å². The van der Waals surface area contributed by atoms with Crippen LogP contribution in [0.25, 0.3) is 0 Å². The fourth-order valence-electron chi connectivity index (χ4n) is 1.41. The zero-order valence-electron chi connectivity index (χ0n) is 12.1. The number of hydrogen-bond donors (Lipinski definition) is 2. The maximum Gasteiger partial charge on any atom is 0.260 e. The summed E-state index contributed by atoms with van der Waals surface area (Å²) in [5, 5.41) is 2.83. The largest absolute Gasteiger partial charge is 0.481 e. The van der Waals surface area contributed by atoms with Crippen molar-refractivity contribution in [1.29, 1.82) is 0 Å². The van der Waals surface area contributed by atoms with Crippen LogP contribution in [0.1, 0.15) is 13.8 Å². The third-order valence-corrected chi connectivity index (χ3v) is 3.51. The van der Waals surface area contributed by atoms with Crippen molar-refractivity contribution < 1.29 is 9.53 Å². The molecule has 0 heterocycles. The molecule has 0 radical (unpaired) electrons. The number of carbonyl (C=O) groups excluding carboxylic acids is 1. The molecule has 0 aliphatic heterocycles. The SMILES string of the molecule is CSc1ccc(OC(C)C(=O)NCC(C)CN)cc1.Cl. The van der Waals surface area contributed by atoms with E-state index in [-0.39, 0.29) is 24.2 Å². The first-order valence-electron chi connectivity index (χ1n) is 6.35. The Morgan fingerprint density at radius 3 is 2.45 bits per heavy atom. The van der Waals surface area contributed by atoms with E-state index in [1.54, 1.807) is 18.7 Å². The van der Waals surface area contributed by atoms with Crippen molar-refractivity contribution in [2.24, 2.45) is 11.7 Å². The van der Waals surface area contributed by atoms with Gasteiger partial charge in [-0.25, -0.2) is 0 Å². The quantitative estimate of drug-likeness (QED) is 0.757. The Morgan fingerprint density at radius 1 is 1.35 bits per heavy atom. The molecule has 114 valence electrons. The zero-order valence-corrected chi connectivity index (χ0v) is 13.7. The minimum absolute atomic E-state index is 0. The van der Waals surface area contributed by atoms with Gasteiger partial charge in [-0.15, -0.1) is 24.2 Å². The van der Waals surface area contributed by atoms with Gasteiger partial charge in [0.05, 0.1) is 0 Å². The molecule has 0 saturated heterocycles. The lowest BCUT2D eigenvalue weighted by molar-refractivity contribution is -0.127. The molecule has 2 unspecified atom stereocenters. The van der Waals surface area contributed by atoms with Crippen molar-refractivity contribution in [2.75, 3.05) is 19.3 Å². The van der Waals surface area contributed by atoms with Crippen LogP contribution in [0, 0.1) is 5.92 Å². The van der Waals surface area contributed by atoms with Gasteiger partial charge in [-0.1, -0.05) is 6.92 Å². The molecule has 2 atom stereocenters. The van der Waals surface area contributed by atoms with E-state index in [0.29, 0.717) is 18.8 Å². The van der Waals surface area contributed by atoms with Gasteiger partial charge < -0.3 is 15.8 Å². The molecule has 0 fully saturated rings. The highest BCUT2D eigenvalue weighted by Crippen LogP contribution is 2.19. The Labute approximate surface area is 131 Å². The summed E-state index contributed by atoms with van der Waals surface area (Å²) in [4.78, 5) is 13.0. The number of thioether (sulfide) groups is 1. The molecule has 0 aromatic heterocycles. The number of benzene rings is 1. The van der Waals surface area contributed by atoms with Crippen LogP contribution >= 0.6 is 24.2 Å². The summed E-state index contributed by atoms with van der Waals surface area (Å²) in [5.41, 5.74) is 5.50. The first-order valence-corrected chi connectivity index (χ1v) is 7.57. The summed E-state index contributed by atoms with van der Waals surface area (Å²) >= 11 is 1.67. The first kappa shape index (κ1) is 19.1. The van der Waals surface area contributed by atoms with Gasteiger partial charge in [0.25, 0.3) is 5.91 Å². The van der Waals surface area contributed by atoms with E-state index >= 15 is 0 Å². The molecule has 0 saturated carbocycles. The summed E-state index contributed by atoms with van der Waals surface area (Å²) in [6.45, 7) is 4.87. The number of carbonyl (C=O) groups is 1. The van der Waals surface area contributed by atoms with Crippen LogP contribution in [0.3, 0.4) is 0 Å². The smallest absolute Gasteiger partial charge is 0.260 e. The average Bonchev–Trinajstić information content (AvgIpc) is 2.44. The number of ether oxygens (including phenoxy) is 1.